The molecule has 2 atom stereocenters. The summed E-state index contributed by atoms with van der Waals surface area (Å²) in [5.41, 5.74) is 1.68. The van der Waals surface area contributed by atoms with Crippen LogP contribution in [0.3, 0.4) is 0 Å². The minimum atomic E-state index is -0.259. The first-order chi connectivity index (χ1) is 12.7. The van der Waals surface area contributed by atoms with Crippen LogP contribution < -0.4 is 21.3 Å². The molecule has 0 spiro atoms. The van der Waals surface area contributed by atoms with Gasteiger partial charge in [-0.15, -0.1) is 0 Å². The predicted molar refractivity (Wildman–Crippen MR) is 98.2 cm³/mol. The molecular weight excluding hydrogens is 332 g/mol. The van der Waals surface area contributed by atoms with Gasteiger partial charge in [0.15, 0.2) is 0 Å². The average Bonchev–Trinajstić information content (AvgIpc) is 3.25. The fraction of sp³-hybridized carbons (Fsp3) is 0.368. The number of carbonyl (C=O) groups is 2. The summed E-state index contributed by atoms with van der Waals surface area (Å²) in [5, 5.41) is 12.3. The van der Waals surface area contributed by atoms with Gasteiger partial charge in [0.05, 0.1) is 11.8 Å². The van der Waals surface area contributed by atoms with E-state index in [9.17, 15) is 9.59 Å². The standard InChI is InChI=1S/C19H22N4O3/c24-18(12-6-7-26-11-12)21-13-2-1-3-14(8-13)22-19(25)23-17-9-15-4-5-16(10-17)20-15/h1-3,6-8,11,15-17,20H,4-5,9-10H2,(H,21,24)(H2,22,23,25). The van der Waals surface area contributed by atoms with E-state index in [1.54, 1.807) is 30.3 Å². The molecule has 26 heavy (non-hydrogen) atoms. The van der Waals surface area contributed by atoms with E-state index in [0.29, 0.717) is 29.0 Å². The molecular formula is C19H22N4O3. The van der Waals surface area contributed by atoms with E-state index < -0.39 is 0 Å². The number of rotatable bonds is 4. The molecule has 2 aliphatic rings. The number of urea groups is 1. The molecule has 0 aliphatic carbocycles. The number of fused-ring (bicyclic) bond motifs is 2. The molecule has 3 heterocycles. The Bertz CT molecular complexity index is 778. The van der Waals surface area contributed by atoms with Gasteiger partial charge in [-0.05, 0) is 49.9 Å². The first kappa shape index (κ1) is 16.7. The van der Waals surface area contributed by atoms with Gasteiger partial charge in [-0.1, -0.05) is 6.07 Å². The van der Waals surface area contributed by atoms with Gasteiger partial charge in [-0.25, -0.2) is 4.79 Å². The van der Waals surface area contributed by atoms with Gasteiger partial charge in [0.1, 0.15) is 6.26 Å². The lowest BCUT2D eigenvalue weighted by Crippen LogP contribution is -2.49. The van der Waals surface area contributed by atoms with Crippen molar-refractivity contribution in [3.63, 3.8) is 0 Å². The van der Waals surface area contributed by atoms with E-state index >= 15 is 0 Å². The van der Waals surface area contributed by atoms with Crippen LogP contribution in [0, 0.1) is 0 Å². The lowest BCUT2D eigenvalue weighted by molar-refractivity contribution is 0.102. The van der Waals surface area contributed by atoms with Crippen LogP contribution in [-0.2, 0) is 0 Å². The highest BCUT2D eigenvalue weighted by Crippen LogP contribution is 2.26. The van der Waals surface area contributed by atoms with E-state index in [2.05, 4.69) is 21.3 Å². The first-order valence-electron chi connectivity index (χ1n) is 8.93. The summed E-state index contributed by atoms with van der Waals surface area (Å²) < 4.78 is 4.91. The molecule has 2 aliphatic heterocycles. The zero-order valence-electron chi connectivity index (χ0n) is 14.3. The number of benzene rings is 1. The van der Waals surface area contributed by atoms with Crippen molar-refractivity contribution in [3.8, 4) is 0 Å². The van der Waals surface area contributed by atoms with Gasteiger partial charge >= 0.3 is 6.03 Å². The maximum absolute atomic E-state index is 12.3. The summed E-state index contributed by atoms with van der Waals surface area (Å²) in [7, 11) is 0. The molecule has 2 bridgehead atoms. The molecule has 1 aromatic heterocycles. The van der Waals surface area contributed by atoms with Crippen LogP contribution in [0.15, 0.2) is 47.3 Å². The molecule has 2 unspecified atom stereocenters. The Morgan fingerprint density at radius 3 is 2.46 bits per heavy atom. The third kappa shape index (κ3) is 3.88. The van der Waals surface area contributed by atoms with Crippen molar-refractivity contribution in [1.29, 1.82) is 0 Å². The van der Waals surface area contributed by atoms with Crippen LogP contribution in [0.25, 0.3) is 0 Å². The van der Waals surface area contributed by atoms with E-state index in [1.165, 1.54) is 25.4 Å². The monoisotopic (exact) mass is 354 g/mol. The molecule has 0 radical (unpaired) electrons. The average molecular weight is 354 g/mol. The number of hydrogen-bond acceptors (Lipinski definition) is 4. The maximum atomic E-state index is 12.3. The van der Waals surface area contributed by atoms with Crippen molar-refractivity contribution in [2.24, 2.45) is 0 Å². The molecule has 136 valence electrons. The number of nitrogens with one attached hydrogen (secondary N) is 4. The molecule has 2 aromatic rings. The summed E-state index contributed by atoms with van der Waals surface area (Å²) in [5.74, 6) is -0.259. The first-order valence-corrected chi connectivity index (χ1v) is 8.93. The molecule has 7 heteroatoms. The fourth-order valence-corrected chi connectivity index (χ4v) is 3.80. The Labute approximate surface area is 151 Å². The van der Waals surface area contributed by atoms with Gasteiger partial charge < -0.3 is 25.7 Å². The minimum Gasteiger partial charge on any atom is -0.472 e. The summed E-state index contributed by atoms with van der Waals surface area (Å²) in [6.45, 7) is 0. The smallest absolute Gasteiger partial charge is 0.319 e. The largest absolute Gasteiger partial charge is 0.472 e. The van der Waals surface area contributed by atoms with Crippen molar-refractivity contribution < 1.29 is 14.0 Å². The Balaban J connectivity index is 1.33. The van der Waals surface area contributed by atoms with E-state index in [1.807, 2.05) is 0 Å². The Hall–Kier alpha value is -2.80. The number of hydrogen-bond donors (Lipinski definition) is 4. The van der Waals surface area contributed by atoms with Gasteiger partial charge in [0.2, 0.25) is 0 Å². The summed E-state index contributed by atoms with van der Waals surface area (Å²) in [6, 6.07) is 9.71. The van der Waals surface area contributed by atoms with Crippen LogP contribution in [0.5, 0.6) is 0 Å². The maximum Gasteiger partial charge on any atom is 0.319 e. The van der Waals surface area contributed by atoms with Crippen molar-refractivity contribution in [2.75, 3.05) is 10.6 Å². The van der Waals surface area contributed by atoms with Crippen molar-refractivity contribution in [3.05, 3.63) is 48.4 Å². The Morgan fingerprint density at radius 2 is 1.77 bits per heavy atom. The summed E-state index contributed by atoms with van der Waals surface area (Å²) >= 11 is 0. The second-order valence-electron chi connectivity index (χ2n) is 6.95. The highest BCUT2D eigenvalue weighted by Gasteiger charge is 2.33. The van der Waals surface area contributed by atoms with E-state index in [-0.39, 0.29) is 18.0 Å². The lowest BCUT2D eigenvalue weighted by atomic mass is 10.0. The lowest BCUT2D eigenvalue weighted by Gasteiger charge is -2.29. The number of amides is 3. The molecule has 7 nitrogen and oxygen atoms in total. The van der Waals surface area contributed by atoms with Crippen molar-refractivity contribution in [1.82, 2.24) is 10.6 Å². The number of anilines is 2. The Morgan fingerprint density at radius 1 is 1.04 bits per heavy atom. The molecule has 1 aromatic carbocycles. The van der Waals surface area contributed by atoms with Gasteiger partial charge in [0, 0.05) is 29.5 Å². The van der Waals surface area contributed by atoms with Crippen LogP contribution in [-0.4, -0.2) is 30.1 Å². The predicted octanol–water partition coefficient (Wildman–Crippen LogP) is 2.94. The topological polar surface area (TPSA) is 95.4 Å². The number of piperidine rings is 1. The molecule has 4 N–H and O–H groups in total. The molecule has 2 saturated heterocycles. The second-order valence-corrected chi connectivity index (χ2v) is 6.95. The summed E-state index contributed by atoms with van der Waals surface area (Å²) in [6.07, 6.45) is 7.18. The van der Waals surface area contributed by atoms with Crippen molar-refractivity contribution in [2.45, 2.75) is 43.8 Å². The number of carbonyl (C=O) groups excluding carboxylic acids is 2. The molecule has 3 amide bonds. The van der Waals surface area contributed by atoms with Gasteiger partial charge in [-0.3, -0.25) is 4.79 Å². The molecule has 0 saturated carbocycles. The van der Waals surface area contributed by atoms with Crippen LogP contribution in [0.2, 0.25) is 0 Å². The zero-order chi connectivity index (χ0) is 17.9. The van der Waals surface area contributed by atoms with Crippen LogP contribution >= 0.6 is 0 Å². The van der Waals surface area contributed by atoms with Gasteiger partial charge in [-0.2, -0.15) is 0 Å². The van der Waals surface area contributed by atoms with Gasteiger partial charge in [0.25, 0.3) is 5.91 Å². The minimum absolute atomic E-state index is 0.206. The zero-order valence-corrected chi connectivity index (χ0v) is 14.3. The normalized spacial score (nSPS) is 24.1. The molecule has 2 fully saturated rings. The molecule has 4 rings (SSSR count). The highest BCUT2D eigenvalue weighted by molar-refractivity contribution is 6.04. The van der Waals surface area contributed by atoms with E-state index in [0.717, 1.165) is 12.8 Å². The SMILES string of the molecule is O=C(Nc1cccc(NC(=O)c2ccoc2)c1)NC1CC2CCC(C1)N2. The number of furan rings is 1. The van der Waals surface area contributed by atoms with Crippen molar-refractivity contribution >= 4 is 23.3 Å². The van der Waals surface area contributed by atoms with Crippen LogP contribution in [0.1, 0.15) is 36.0 Å². The Kier molecular flexibility index (Phi) is 4.62. The fourth-order valence-electron chi connectivity index (χ4n) is 3.80. The second kappa shape index (κ2) is 7.21. The van der Waals surface area contributed by atoms with Crippen LogP contribution in [0.4, 0.5) is 16.2 Å². The van der Waals surface area contributed by atoms with E-state index in [4.69, 9.17) is 4.42 Å². The quantitative estimate of drug-likeness (QED) is 0.679. The highest BCUT2D eigenvalue weighted by atomic mass is 16.3. The third-order valence-electron chi connectivity index (χ3n) is 4.97. The summed E-state index contributed by atoms with van der Waals surface area (Å²) in [4.78, 5) is 24.4. The third-order valence-corrected chi connectivity index (χ3v) is 4.97.